The van der Waals surface area contributed by atoms with Gasteiger partial charge in [-0.3, -0.25) is 0 Å². The lowest BCUT2D eigenvalue weighted by molar-refractivity contribution is 0.0225. The standard InChI is InChI=1S/C31H20ClNO5/c1-33(18-7-10-20(34)11-8-18)19-9-12-21-17(14-19)6-13-24-29(21)37-28-16-27(35)26(32)15-25(28)31(24)23-5-3-2-4-22(23)30(36)38-31/h2-16,34-35H,1H3. The second-order valence-electron chi connectivity index (χ2n) is 9.44. The predicted octanol–water partition coefficient (Wildman–Crippen LogP) is 7.24. The van der Waals surface area contributed by atoms with Crippen molar-refractivity contribution in [2.45, 2.75) is 5.60 Å². The van der Waals surface area contributed by atoms with Crippen molar-refractivity contribution in [3.8, 4) is 23.0 Å². The van der Waals surface area contributed by atoms with E-state index in [-0.39, 0.29) is 16.5 Å². The highest BCUT2D eigenvalue weighted by molar-refractivity contribution is 6.32. The van der Waals surface area contributed by atoms with Gasteiger partial charge in [-0.15, -0.1) is 0 Å². The SMILES string of the molecule is CN(c1ccc(O)cc1)c1ccc2c3c(ccc2c1)C1(OC(=O)c2ccccc21)c1cc(Cl)c(O)cc1O3. The molecule has 5 aromatic rings. The summed E-state index contributed by atoms with van der Waals surface area (Å²) in [6.45, 7) is 0. The van der Waals surface area contributed by atoms with E-state index in [1.165, 1.54) is 6.07 Å². The minimum atomic E-state index is -1.27. The van der Waals surface area contributed by atoms with Crippen LogP contribution in [0.3, 0.4) is 0 Å². The average molecular weight is 522 g/mol. The maximum Gasteiger partial charge on any atom is 0.340 e. The minimum Gasteiger partial charge on any atom is -0.508 e. The van der Waals surface area contributed by atoms with Crippen LogP contribution in [0.4, 0.5) is 11.4 Å². The van der Waals surface area contributed by atoms with Crippen molar-refractivity contribution in [2.24, 2.45) is 0 Å². The van der Waals surface area contributed by atoms with Crippen LogP contribution >= 0.6 is 11.6 Å². The molecule has 7 rings (SSSR count). The molecular formula is C31H20ClNO5. The second-order valence-corrected chi connectivity index (χ2v) is 9.85. The third kappa shape index (κ3) is 3.04. The molecule has 1 unspecified atom stereocenters. The Hall–Kier alpha value is -4.68. The highest BCUT2D eigenvalue weighted by Gasteiger charge is 2.54. The van der Waals surface area contributed by atoms with Gasteiger partial charge in [0, 0.05) is 46.6 Å². The van der Waals surface area contributed by atoms with Crippen LogP contribution in [0.15, 0.2) is 91.0 Å². The Labute approximate surface area is 222 Å². The van der Waals surface area contributed by atoms with E-state index in [0.29, 0.717) is 33.8 Å². The monoisotopic (exact) mass is 521 g/mol. The molecule has 7 heteroatoms. The van der Waals surface area contributed by atoms with E-state index in [2.05, 4.69) is 0 Å². The number of halogens is 1. The highest BCUT2D eigenvalue weighted by atomic mass is 35.5. The number of carbonyl (C=O) groups excluding carboxylic acids is 1. The molecule has 0 saturated heterocycles. The van der Waals surface area contributed by atoms with Crippen LogP contribution in [-0.2, 0) is 10.3 Å². The number of phenols is 2. The summed E-state index contributed by atoms with van der Waals surface area (Å²) in [7, 11) is 1.95. The largest absolute Gasteiger partial charge is 0.508 e. The van der Waals surface area contributed by atoms with Crippen molar-refractivity contribution in [1.82, 2.24) is 0 Å². The van der Waals surface area contributed by atoms with E-state index >= 15 is 0 Å². The molecule has 2 aliphatic rings. The van der Waals surface area contributed by atoms with Crippen LogP contribution < -0.4 is 9.64 Å². The zero-order chi connectivity index (χ0) is 26.2. The lowest BCUT2D eigenvalue weighted by atomic mass is 9.77. The van der Waals surface area contributed by atoms with Crippen molar-refractivity contribution in [1.29, 1.82) is 0 Å². The van der Waals surface area contributed by atoms with Crippen LogP contribution in [0, 0.1) is 0 Å². The van der Waals surface area contributed by atoms with Gasteiger partial charge < -0.3 is 24.6 Å². The molecule has 1 atom stereocenters. The number of esters is 1. The Kier molecular flexibility index (Phi) is 4.68. The van der Waals surface area contributed by atoms with Gasteiger partial charge in [-0.05, 0) is 66.0 Å². The Bertz CT molecular complexity index is 1800. The fraction of sp³-hybridized carbons (Fsp3) is 0.0645. The highest BCUT2D eigenvalue weighted by Crippen LogP contribution is 2.58. The molecule has 0 aromatic heterocycles. The summed E-state index contributed by atoms with van der Waals surface area (Å²) in [5.74, 6) is 0.552. The molecule has 5 aromatic carbocycles. The smallest absolute Gasteiger partial charge is 0.340 e. The molecule has 186 valence electrons. The van der Waals surface area contributed by atoms with Crippen molar-refractivity contribution in [3.63, 3.8) is 0 Å². The number of hydrogen-bond acceptors (Lipinski definition) is 6. The molecule has 1 spiro atoms. The molecule has 0 radical (unpaired) electrons. The Balaban J connectivity index is 1.45. The number of hydrogen-bond donors (Lipinski definition) is 2. The number of nitrogens with zero attached hydrogens (tertiary/aromatic N) is 1. The van der Waals surface area contributed by atoms with Crippen LogP contribution in [0.1, 0.15) is 27.0 Å². The van der Waals surface area contributed by atoms with E-state index < -0.39 is 11.6 Å². The van der Waals surface area contributed by atoms with Crippen LogP contribution in [0.25, 0.3) is 10.8 Å². The lowest BCUT2D eigenvalue weighted by Gasteiger charge is -2.37. The fourth-order valence-corrected chi connectivity index (χ4v) is 5.65. The maximum atomic E-state index is 13.1. The van der Waals surface area contributed by atoms with Gasteiger partial charge in [-0.1, -0.05) is 35.9 Å². The first-order valence-corrected chi connectivity index (χ1v) is 12.4. The van der Waals surface area contributed by atoms with Gasteiger partial charge in [0.25, 0.3) is 0 Å². The zero-order valence-corrected chi connectivity index (χ0v) is 20.9. The van der Waals surface area contributed by atoms with E-state index in [9.17, 15) is 15.0 Å². The molecule has 0 amide bonds. The summed E-state index contributed by atoms with van der Waals surface area (Å²) >= 11 is 6.33. The van der Waals surface area contributed by atoms with E-state index in [4.69, 9.17) is 21.1 Å². The summed E-state index contributed by atoms with van der Waals surface area (Å²) in [5.41, 5.74) is 2.99. The molecule has 0 fully saturated rings. The normalized spacial score (nSPS) is 16.9. The number of aromatic hydroxyl groups is 2. The van der Waals surface area contributed by atoms with Crippen molar-refractivity contribution in [3.05, 3.63) is 118 Å². The molecule has 0 aliphatic carbocycles. The number of phenolic OH excluding ortho intramolecular Hbond substituents is 2. The van der Waals surface area contributed by atoms with E-state index in [0.717, 1.165) is 22.1 Å². The van der Waals surface area contributed by atoms with Crippen LogP contribution in [0.5, 0.6) is 23.0 Å². The van der Waals surface area contributed by atoms with Crippen LogP contribution in [-0.4, -0.2) is 23.2 Å². The Morgan fingerprint density at radius 3 is 2.39 bits per heavy atom. The topological polar surface area (TPSA) is 79.2 Å². The summed E-state index contributed by atoms with van der Waals surface area (Å²) in [6.07, 6.45) is 0. The Morgan fingerprint density at radius 1 is 0.816 bits per heavy atom. The number of fused-ring (bicyclic) bond motifs is 8. The maximum absolute atomic E-state index is 13.1. The third-order valence-corrected chi connectivity index (χ3v) is 7.67. The van der Waals surface area contributed by atoms with E-state index in [1.54, 1.807) is 30.3 Å². The first-order valence-electron chi connectivity index (χ1n) is 12.0. The molecule has 6 nitrogen and oxygen atoms in total. The van der Waals surface area contributed by atoms with Gasteiger partial charge in [0.15, 0.2) is 5.60 Å². The number of carbonyl (C=O) groups is 1. The second kappa shape index (κ2) is 7.91. The van der Waals surface area contributed by atoms with Gasteiger partial charge in [0.05, 0.1) is 10.6 Å². The quantitative estimate of drug-likeness (QED) is 0.238. The molecule has 2 heterocycles. The van der Waals surface area contributed by atoms with Gasteiger partial charge in [0.1, 0.15) is 23.0 Å². The number of ether oxygens (including phenoxy) is 2. The van der Waals surface area contributed by atoms with Crippen molar-refractivity contribution in [2.75, 3.05) is 11.9 Å². The third-order valence-electron chi connectivity index (χ3n) is 7.37. The van der Waals surface area contributed by atoms with Crippen LogP contribution in [0.2, 0.25) is 5.02 Å². The van der Waals surface area contributed by atoms with Gasteiger partial charge >= 0.3 is 5.97 Å². The summed E-state index contributed by atoms with van der Waals surface area (Å²) in [5, 5.41) is 21.9. The van der Waals surface area contributed by atoms with Gasteiger partial charge in [-0.2, -0.15) is 0 Å². The average Bonchev–Trinajstić information content (AvgIpc) is 3.22. The first-order chi connectivity index (χ1) is 18.4. The van der Waals surface area contributed by atoms with Crippen molar-refractivity contribution >= 4 is 39.7 Å². The molecular weight excluding hydrogens is 502 g/mol. The predicted molar refractivity (Wildman–Crippen MR) is 145 cm³/mol. The van der Waals surface area contributed by atoms with Gasteiger partial charge in [-0.25, -0.2) is 4.79 Å². The molecule has 0 saturated carbocycles. The summed E-state index contributed by atoms with van der Waals surface area (Å²) < 4.78 is 12.6. The summed E-state index contributed by atoms with van der Waals surface area (Å²) in [6, 6.07) is 27.2. The van der Waals surface area contributed by atoms with Gasteiger partial charge in [0.2, 0.25) is 0 Å². The molecule has 38 heavy (non-hydrogen) atoms. The Morgan fingerprint density at radius 2 is 1.58 bits per heavy atom. The van der Waals surface area contributed by atoms with Crippen molar-refractivity contribution < 1.29 is 24.5 Å². The molecule has 2 aliphatic heterocycles. The number of anilines is 2. The van der Waals surface area contributed by atoms with E-state index in [1.807, 2.05) is 66.5 Å². The molecule has 2 N–H and O–H groups in total. The first kappa shape index (κ1) is 22.5. The lowest BCUT2D eigenvalue weighted by Crippen LogP contribution is -2.33. The molecule has 0 bridgehead atoms. The zero-order valence-electron chi connectivity index (χ0n) is 20.1. The summed E-state index contributed by atoms with van der Waals surface area (Å²) in [4.78, 5) is 15.1. The fourth-order valence-electron chi connectivity index (χ4n) is 5.48. The minimum absolute atomic E-state index is 0.125. The number of benzene rings is 5. The number of rotatable bonds is 2.